The van der Waals surface area contributed by atoms with E-state index >= 15 is 0 Å². The molecule has 0 unspecified atom stereocenters. The Labute approximate surface area is 99.3 Å². The molecule has 84 valence electrons. The molecule has 0 saturated heterocycles. The van der Waals surface area contributed by atoms with Crippen LogP contribution in [0.1, 0.15) is 12.6 Å². The van der Waals surface area contributed by atoms with E-state index in [2.05, 4.69) is 5.10 Å². The maximum absolute atomic E-state index is 9.35. The molecule has 0 fully saturated rings. The van der Waals surface area contributed by atoms with Gasteiger partial charge in [0.1, 0.15) is 0 Å². The van der Waals surface area contributed by atoms with E-state index in [0.29, 0.717) is 5.02 Å². The molecule has 16 heavy (non-hydrogen) atoms. The van der Waals surface area contributed by atoms with Crippen molar-refractivity contribution in [3.05, 3.63) is 41.2 Å². The predicted molar refractivity (Wildman–Crippen MR) is 64.3 cm³/mol. The van der Waals surface area contributed by atoms with Crippen LogP contribution in [0.5, 0.6) is 0 Å². The normalized spacial score (nSPS) is 10.7. The van der Waals surface area contributed by atoms with E-state index in [1.165, 1.54) is 0 Å². The molecule has 1 aromatic carbocycles. The van der Waals surface area contributed by atoms with Gasteiger partial charge in [-0.05, 0) is 24.6 Å². The molecule has 0 aliphatic heterocycles. The zero-order valence-corrected chi connectivity index (χ0v) is 9.78. The molecule has 0 spiro atoms. The number of halogens is 1. The monoisotopic (exact) mass is 236 g/mol. The number of aliphatic hydroxyl groups excluding tert-OH is 1. The highest BCUT2D eigenvalue weighted by Crippen LogP contribution is 2.25. The average molecular weight is 237 g/mol. The van der Waals surface area contributed by atoms with Gasteiger partial charge in [-0.25, -0.2) is 0 Å². The average Bonchev–Trinajstić information content (AvgIpc) is 2.72. The van der Waals surface area contributed by atoms with Crippen molar-refractivity contribution in [1.82, 2.24) is 9.78 Å². The lowest BCUT2D eigenvalue weighted by atomic mass is 10.1. The fourth-order valence-electron chi connectivity index (χ4n) is 1.72. The molecule has 1 N–H and O–H groups in total. The summed E-state index contributed by atoms with van der Waals surface area (Å²) in [5.74, 6) is 0. The Balaban J connectivity index is 2.47. The summed E-state index contributed by atoms with van der Waals surface area (Å²) in [5, 5.41) is 14.3. The Morgan fingerprint density at radius 1 is 1.31 bits per heavy atom. The molecule has 0 atom stereocenters. The van der Waals surface area contributed by atoms with Gasteiger partial charge in [0.2, 0.25) is 0 Å². The van der Waals surface area contributed by atoms with Gasteiger partial charge in [-0.3, -0.25) is 4.68 Å². The molecule has 1 aromatic heterocycles. The van der Waals surface area contributed by atoms with Crippen LogP contribution in [0.2, 0.25) is 5.02 Å². The molecule has 1 heterocycles. The zero-order valence-electron chi connectivity index (χ0n) is 9.02. The number of rotatable bonds is 3. The van der Waals surface area contributed by atoms with Gasteiger partial charge in [-0.2, -0.15) is 5.10 Å². The number of nitrogens with zero attached hydrogens (tertiary/aromatic N) is 2. The first-order valence-electron chi connectivity index (χ1n) is 5.17. The fourth-order valence-corrected chi connectivity index (χ4v) is 1.85. The molecular formula is C12H13ClN2O. The summed E-state index contributed by atoms with van der Waals surface area (Å²) in [6, 6.07) is 7.53. The van der Waals surface area contributed by atoms with Crippen molar-refractivity contribution in [1.29, 1.82) is 0 Å². The molecule has 0 amide bonds. The van der Waals surface area contributed by atoms with Gasteiger partial charge in [0.05, 0.1) is 18.5 Å². The largest absolute Gasteiger partial charge is 0.390 e. The Bertz CT molecular complexity index is 476. The first-order valence-corrected chi connectivity index (χ1v) is 5.55. The lowest BCUT2D eigenvalue weighted by molar-refractivity contribution is 0.269. The first kappa shape index (κ1) is 11.2. The van der Waals surface area contributed by atoms with E-state index in [-0.39, 0.29) is 6.61 Å². The van der Waals surface area contributed by atoms with Crippen LogP contribution in [-0.4, -0.2) is 14.9 Å². The second-order valence-electron chi connectivity index (χ2n) is 3.49. The quantitative estimate of drug-likeness (QED) is 0.890. The smallest absolute Gasteiger partial charge is 0.0856 e. The van der Waals surface area contributed by atoms with E-state index in [1.807, 2.05) is 31.2 Å². The third kappa shape index (κ3) is 1.96. The summed E-state index contributed by atoms with van der Waals surface area (Å²) in [7, 11) is 0. The Morgan fingerprint density at radius 2 is 2.00 bits per heavy atom. The molecule has 0 aliphatic rings. The van der Waals surface area contributed by atoms with Crippen molar-refractivity contribution in [3.63, 3.8) is 0 Å². The summed E-state index contributed by atoms with van der Waals surface area (Å²) in [5.41, 5.74) is 2.82. The maximum Gasteiger partial charge on any atom is 0.0856 e. The molecular weight excluding hydrogens is 224 g/mol. The van der Waals surface area contributed by atoms with Crippen LogP contribution >= 0.6 is 11.6 Å². The minimum Gasteiger partial charge on any atom is -0.390 e. The molecule has 0 aliphatic carbocycles. The van der Waals surface area contributed by atoms with Crippen LogP contribution in [0.3, 0.4) is 0 Å². The minimum atomic E-state index is -0.00814. The number of hydrogen-bond donors (Lipinski definition) is 1. The molecule has 4 heteroatoms. The molecule has 0 bridgehead atoms. The van der Waals surface area contributed by atoms with Gasteiger partial charge in [0.25, 0.3) is 0 Å². The number of hydrogen-bond acceptors (Lipinski definition) is 2. The summed E-state index contributed by atoms with van der Waals surface area (Å²) in [6.45, 7) is 2.74. The third-order valence-electron chi connectivity index (χ3n) is 2.55. The van der Waals surface area contributed by atoms with Crippen molar-refractivity contribution in [3.8, 4) is 11.1 Å². The van der Waals surface area contributed by atoms with E-state index < -0.39 is 0 Å². The second-order valence-corrected chi connectivity index (χ2v) is 3.92. The van der Waals surface area contributed by atoms with Crippen LogP contribution in [0.15, 0.2) is 30.5 Å². The third-order valence-corrected chi connectivity index (χ3v) is 2.81. The minimum absolute atomic E-state index is 0.00814. The van der Waals surface area contributed by atoms with Crippen molar-refractivity contribution in [2.45, 2.75) is 20.1 Å². The molecule has 2 rings (SSSR count). The van der Waals surface area contributed by atoms with E-state index in [0.717, 1.165) is 23.4 Å². The van der Waals surface area contributed by atoms with Crippen LogP contribution in [-0.2, 0) is 13.2 Å². The number of benzene rings is 1. The van der Waals surface area contributed by atoms with Crippen LogP contribution in [0.25, 0.3) is 11.1 Å². The molecule has 2 aromatic rings. The van der Waals surface area contributed by atoms with Crippen LogP contribution in [0, 0.1) is 0 Å². The number of aliphatic hydroxyl groups is 1. The predicted octanol–water partition coefficient (Wildman–Crippen LogP) is 2.72. The number of aromatic nitrogens is 2. The standard InChI is InChI=1S/C12H13ClN2O/c1-2-15-12(8-16)11(7-14-15)9-3-5-10(13)6-4-9/h3-7,16H,2,8H2,1H3. The van der Waals surface area contributed by atoms with Gasteiger partial charge < -0.3 is 5.11 Å². The lowest BCUT2D eigenvalue weighted by Gasteiger charge is -2.04. The summed E-state index contributed by atoms with van der Waals surface area (Å²) in [6.07, 6.45) is 1.78. The van der Waals surface area contributed by atoms with E-state index in [4.69, 9.17) is 11.6 Å². The van der Waals surface area contributed by atoms with Gasteiger partial charge in [-0.15, -0.1) is 0 Å². The zero-order chi connectivity index (χ0) is 11.5. The SMILES string of the molecule is CCn1ncc(-c2ccc(Cl)cc2)c1CO. The van der Waals surface area contributed by atoms with Crippen molar-refractivity contribution < 1.29 is 5.11 Å². The highest BCUT2D eigenvalue weighted by atomic mass is 35.5. The fraction of sp³-hybridized carbons (Fsp3) is 0.250. The second kappa shape index (κ2) is 4.68. The summed E-state index contributed by atoms with van der Waals surface area (Å²) < 4.78 is 1.80. The number of aryl methyl sites for hydroxylation is 1. The van der Waals surface area contributed by atoms with Crippen LogP contribution in [0.4, 0.5) is 0 Å². The Hall–Kier alpha value is -1.32. The van der Waals surface area contributed by atoms with E-state index in [9.17, 15) is 5.11 Å². The Kier molecular flexibility index (Phi) is 3.27. The van der Waals surface area contributed by atoms with Crippen molar-refractivity contribution in [2.75, 3.05) is 0 Å². The van der Waals surface area contributed by atoms with E-state index in [1.54, 1.807) is 10.9 Å². The van der Waals surface area contributed by atoms with Crippen LogP contribution < -0.4 is 0 Å². The van der Waals surface area contributed by atoms with Gasteiger partial charge in [0, 0.05) is 17.1 Å². The summed E-state index contributed by atoms with van der Waals surface area (Å²) >= 11 is 5.84. The van der Waals surface area contributed by atoms with Crippen molar-refractivity contribution >= 4 is 11.6 Å². The highest BCUT2D eigenvalue weighted by Gasteiger charge is 2.10. The van der Waals surface area contributed by atoms with Gasteiger partial charge in [0.15, 0.2) is 0 Å². The van der Waals surface area contributed by atoms with Gasteiger partial charge >= 0.3 is 0 Å². The Morgan fingerprint density at radius 3 is 2.56 bits per heavy atom. The summed E-state index contributed by atoms with van der Waals surface area (Å²) in [4.78, 5) is 0. The molecule has 3 nitrogen and oxygen atoms in total. The molecule has 0 saturated carbocycles. The highest BCUT2D eigenvalue weighted by molar-refractivity contribution is 6.30. The first-order chi connectivity index (χ1) is 7.76. The van der Waals surface area contributed by atoms with Crippen molar-refractivity contribution in [2.24, 2.45) is 0 Å². The molecule has 0 radical (unpaired) electrons. The lowest BCUT2D eigenvalue weighted by Crippen LogP contribution is -2.02. The maximum atomic E-state index is 9.35. The topological polar surface area (TPSA) is 38.0 Å². The van der Waals surface area contributed by atoms with Gasteiger partial charge in [-0.1, -0.05) is 23.7 Å².